The van der Waals surface area contributed by atoms with Gasteiger partial charge in [0.1, 0.15) is 11.6 Å². The van der Waals surface area contributed by atoms with Gasteiger partial charge in [-0.1, -0.05) is 23.4 Å². The van der Waals surface area contributed by atoms with E-state index in [9.17, 15) is 9.59 Å². The van der Waals surface area contributed by atoms with Crippen LogP contribution in [-0.2, 0) is 4.79 Å². The topological polar surface area (TPSA) is 170 Å². The number of anilines is 2. The normalized spacial score (nSPS) is 11.4. The minimum absolute atomic E-state index is 0.0140. The van der Waals surface area contributed by atoms with Gasteiger partial charge in [-0.2, -0.15) is 5.53 Å². The van der Waals surface area contributed by atoms with Crippen LogP contribution in [0.25, 0.3) is 21.0 Å². The Morgan fingerprint density at radius 3 is 2.71 bits per heavy atom. The molecule has 2 aromatic carbocycles. The number of aromatic nitrogens is 1. The highest BCUT2D eigenvalue weighted by atomic mass is 32.1. The predicted molar refractivity (Wildman–Crippen MR) is 138 cm³/mol. The van der Waals surface area contributed by atoms with Crippen LogP contribution in [0.1, 0.15) is 29.3 Å². The number of hydrogen-bond acceptors (Lipinski definition) is 8. The molecule has 0 aliphatic rings. The zero-order valence-corrected chi connectivity index (χ0v) is 19.6. The average Bonchev–Trinajstić information content (AvgIpc) is 3.33. The number of benzene rings is 2. The Labute approximate surface area is 204 Å². The second-order valence-electron chi connectivity index (χ2n) is 7.81. The summed E-state index contributed by atoms with van der Waals surface area (Å²) in [6.07, 6.45) is 0.0171. The second kappa shape index (κ2) is 10.2. The lowest BCUT2D eigenvalue weighted by Gasteiger charge is -2.12. The molecule has 176 valence electrons. The lowest BCUT2D eigenvalue weighted by atomic mass is 10.1. The van der Waals surface area contributed by atoms with E-state index in [1.807, 2.05) is 29.6 Å². The molecule has 4 rings (SSSR count). The van der Waals surface area contributed by atoms with Crippen LogP contribution in [0.15, 0.2) is 64.2 Å². The van der Waals surface area contributed by atoms with Crippen molar-refractivity contribution >= 4 is 67.1 Å². The van der Waals surface area contributed by atoms with E-state index in [1.165, 1.54) is 6.92 Å². The van der Waals surface area contributed by atoms with Crippen molar-refractivity contribution in [3.63, 3.8) is 0 Å². The number of nitrogens with two attached hydrogens (primary N) is 1. The maximum Gasteiger partial charge on any atom is 0.251 e. The summed E-state index contributed by atoms with van der Waals surface area (Å²) in [4.78, 5) is 28.5. The van der Waals surface area contributed by atoms with Crippen LogP contribution in [-0.4, -0.2) is 34.8 Å². The summed E-state index contributed by atoms with van der Waals surface area (Å²) in [6.45, 7) is 1.42. The van der Waals surface area contributed by atoms with Crippen LogP contribution in [0.2, 0.25) is 0 Å². The van der Waals surface area contributed by atoms with Gasteiger partial charge in [0.15, 0.2) is 5.84 Å². The average molecular weight is 487 g/mol. The zero-order chi connectivity index (χ0) is 24.9. The highest BCUT2D eigenvalue weighted by Crippen LogP contribution is 2.35. The summed E-state index contributed by atoms with van der Waals surface area (Å²) < 4.78 is 1.04. The molecule has 0 unspecified atom stereocenters. The van der Waals surface area contributed by atoms with Crippen molar-refractivity contribution in [2.45, 2.75) is 13.3 Å². The molecular formula is C24H22N8O2S. The number of nitrogens with one attached hydrogen (secondary N) is 4. The molecule has 2 aromatic heterocycles. The number of pyridine rings is 1. The van der Waals surface area contributed by atoms with Gasteiger partial charge in [0, 0.05) is 44.4 Å². The molecule has 0 saturated carbocycles. The van der Waals surface area contributed by atoms with Crippen molar-refractivity contribution in [1.82, 2.24) is 10.3 Å². The van der Waals surface area contributed by atoms with Crippen molar-refractivity contribution in [2.75, 3.05) is 11.9 Å². The standard InChI is InChI=1S/C24H22N8O2S/c1-13(33)9-16(25)12-28-24(34)15-3-2-4-17(10-15)29-23-19-7-8-35-21(19)18-6-5-14(11-20(18)30-23)22(26)31-32-27/h2-8,10-11,25H,9,12H2,1H3,(H,28,34)(H,29,30)(H3,26,27,31). The molecule has 11 heteroatoms. The van der Waals surface area contributed by atoms with Gasteiger partial charge in [0.25, 0.3) is 5.91 Å². The highest BCUT2D eigenvalue weighted by Gasteiger charge is 2.13. The number of carbonyl (C=O) groups is 2. The summed E-state index contributed by atoms with van der Waals surface area (Å²) >= 11 is 1.59. The number of hydrogen-bond donors (Lipinski definition) is 5. The third kappa shape index (κ3) is 5.36. The fourth-order valence-electron chi connectivity index (χ4n) is 3.59. The fraction of sp³-hybridized carbons (Fsp3) is 0.125. The Morgan fingerprint density at radius 1 is 1.11 bits per heavy atom. The quantitative estimate of drug-likeness (QED) is 0.101. The number of thiophene rings is 1. The predicted octanol–water partition coefficient (Wildman–Crippen LogP) is 4.57. The molecule has 0 aliphatic carbocycles. The zero-order valence-electron chi connectivity index (χ0n) is 18.8. The number of amides is 1. The van der Waals surface area contributed by atoms with E-state index in [0.717, 1.165) is 15.5 Å². The van der Waals surface area contributed by atoms with Gasteiger partial charge < -0.3 is 21.8 Å². The number of nitrogens with zero attached hydrogens (tertiary/aromatic N) is 3. The smallest absolute Gasteiger partial charge is 0.251 e. The molecule has 35 heavy (non-hydrogen) atoms. The molecule has 10 nitrogen and oxygen atoms in total. The third-order valence-corrected chi connectivity index (χ3v) is 6.11. The fourth-order valence-corrected chi connectivity index (χ4v) is 4.53. The van der Waals surface area contributed by atoms with Gasteiger partial charge in [0.05, 0.1) is 12.1 Å². The summed E-state index contributed by atoms with van der Waals surface area (Å²) in [6, 6.07) is 14.5. The molecule has 4 aromatic rings. The minimum Gasteiger partial charge on any atom is -0.382 e. The molecule has 0 radical (unpaired) electrons. The lowest BCUT2D eigenvalue weighted by molar-refractivity contribution is -0.115. The number of carbonyl (C=O) groups excluding carboxylic acids is 2. The van der Waals surface area contributed by atoms with Crippen molar-refractivity contribution in [1.29, 1.82) is 10.9 Å². The molecule has 0 aliphatic heterocycles. The van der Waals surface area contributed by atoms with Crippen LogP contribution in [0, 0.1) is 10.9 Å². The van der Waals surface area contributed by atoms with Gasteiger partial charge in [0.2, 0.25) is 0 Å². The number of ketones is 1. The Morgan fingerprint density at radius 2 is 1.94 bits per heavy atom. The maximum absolute atomic E-state index is 12.6. The first-order chi connectivity index (χ1) is 16.9. The monoisotopic (exact) mass is 486 g/mol. The molecule has 2 heterocycles. The minimum atomic E-state index is -0.340. The second-order valence-corrected chi connectivity index (χ2v) is 8.73. The molecule has 0 saturated heterocycles. The number of fused-ring (bicyclic) bond motifs is 3. The summed E-state index contributed by atoms with van der Waals surface area (Å²) in [5.41, 5.74) is 15.3. The van der Waals surface area contributed by atoms with E-state index < -0.39 is 0 Å². The third-order valence-electron chi connectivity index (χ3n) is 5.16. The van der Waals surface area contributed by atoms with Crippen molar-refractivity contribution in [3.8, 4) is 0 Å². The van der Waals surface area contributed by atoms with Crippen LogP contribution >= 0.6 is 11.3 Å². The largest absolute Gasteiger partial charge is 0.382 e. The highest BCUT2D eigenvalue weighted by molar-refractivity contribution is 7.18. The maximum atomic E-state index is 12.6. The van der Waals surface area contributed by atoms with E-state index in [1.54, 1.807) is 35.6 Å². The van der Waals surface area contributed by atoms with Crippen molar-refractivity contribution < 1.29 is 9.59 Å². The number of amidine groups is 1. The molecule has 0 bridgehead atoms. The first-order valence-corrected chi connectivity index (χ1v) is 11.5. The van der Waals surface area contributed by atoms with Gasteiger partial charge in [-0.3, -0.25) is 9.59 Å². The Kier molecular flexibility index (Phi) is 6.88. The van der Waals surface area contributed by atoms with E-state index in [0.29, 0.717) is 28.1 Å². The molecule has 0 spiro atoms. The molecule has 6 N–H and O–H groups in total. The van der Waals surface area contributed by atoms with Crippen molar-refractivity contribution in [2.24, 2.45) is 16.1 Å². The summed E-state index contributed by atoms with van der Waals surface area (Å²) in [7, 11) is 0. The summed E-state index contributed by atoms with van der Waals surface area (Å²) in [5, 5.41) is 24.2. The lowest BCUT2D eigenvalue weighted by Crippen LogP contribution is -2.29. The molecule has 1 amide bonds. The SMILES string of the molecule is CC(=O)CC(=N)CNC(=O)c1cccc(Nc2nc3cc(C(N)=NN=N)ccc3c3sccc23)c1. The molecule has 0 fully saturated rings. The van der Waals surface area contributed by atoms with E-state index >= 15 is 0 Å². The molecular weight excluding hydrogens is 464 g/mol. The van der Waals surface area contributed by atoms with E-state index in [4.69, 9.17) is 21.7 Å². The van der Waals surface area contributed by atoms with Crippen molar-refractivity contribution in [3.05, 3.63) is 65.0 Å². The van der Waals surface area contributed by atoms with E-state index in [-0.39, 0.29) is 36.2 Å². The van der Waals surface area contributed by atoms with Gasteiger partial charge in [-0.05, 0) is 42.6 Å². The number of Topliss-reactive ketones (excluding diaryl/α,β-unsaturated/α-hetero) is 1. The Balaban J connectivity index is 1.62. The van der Waals surface area contributed by atoms with Crippen LogP contribution in [0.5, 0.6) is 0 Å². The van der Waals surface area contributed by atoms with Gasteiger partial charge in [-0.15, -0.1) is 16.4 Å². The Hall–Kier alpha value is -4.51. The van der Waals surface area contributed by atoms with Gasteiger partial charge in [-0.25, -0.2) is 4.98 Å². The first kappa shape index (κ1) is 23.6. The Bertz CT molecular complexity index is 1510. The van der Waals surface area contributed by atoms with Crippen LogP contribution in [0.3, 0.4) is 0 Å². The number of rotatable bonds is 9. The molecule has 0 atom stereocenters. The van der Waals surface area contributed by atoms with Crippen LogP contribution in [0.4, 0.5) is 11.5 Å². The first-order valence-electron chi connectivity index (χ1n) is 10.6. The van der Waals surface area contributed by atoms with Gasteiger partial charge >= 0.3 is 0 Å². The van der Waals surface area contributed by atoms with Crippen LogP contribution < -0.4 is 16.4 Å². The summed E-state index contributed by atoms with van der Waals surface area (Å²) in [5.74, 6) is 0.284. The van der Waals surface area contributed by atoms with E-state index in [2.05, 4.69) is 21.0 Å².